The molecule has 2 nitrogen and oxygen atoms in total. The Morgan fingerprint density at radius 2 is 0.934 bits per heavy atom. The molecule has 10 aromatic carbocycles. The molecule has 1 aliphatic carbocycles. The van der Waals surface area contributed by atoms with E-state index in [2.05, 4.69) is 231 Å². The highest BCUT2D eigenvalue weighted by Gasteiger charge is 2.38. The van der Waals surface area contributed by atoms with Gasteiger partial charge in [0.05, 0.1) is 11.4 Å². The summed E-state index contributed by atoms with van der Waals surface area (Å²) in [4.78, 5) is 2.48. The Morgan fingerprint density at radius 1 is 0.377 bits per heavy atom. The second-order valence-corrected chi connectivity index (χ2v) is 16.9. The molecule has 0 aliphatic heterocycles. The molecule has 0 radical (unpaired) electrons. The van der Waals surface area contributed by atoms with Crippen LogP contribution in [-0.2, 0) is 5.41 Å². The monoisotopic (exact) mass is 779 g/mol. The van der Waals surface area contributed by atoms with Crippen LogP contribution in [0.4, 0.5) is 17.1 Å². The van der Waals surface area contributed by atoms with E-state index in [1.165, 1.54) is 66.1 Å². The molecule has 0 N–H and O–H groups in total. The Morgan fingerprint density at radius 3 is 1.75 bits per heavy atom. The van der Waals surface area contributed by atoms with Gasteiger partial charge in [-0.15, -0.1) is 0 Å². The highest BCUT2D eigenvalue weighted by molar-refractivity contribution is 6.17. The fourth-order valence-corrected chi connectivity index (χ4v) is 10.1. The number of fused-ring (bicyclic) bond motifs is 8. The molecular formula is C59H41NO. The minimum Gasteiger partial charge on any atom is -0.456 e. The molecule has 61 heavy (non-hydrogen) atoms. The molecule has 0 amide bonds. The largest absolute Gasteiger partial charge is 0.456 e. The molecule has 288 valence electrons. The van der Waals surface area contributed by atoms with Crippen LogP contribution in [0, 0.1) is 0 Å². The van der Waals surface area contributed by atoms with Gasteiger partial charge in [0.2, 0.25) is 0 Å². The third-order valence-corrected chi connectivity index (χ3v) is 13.1. The van der Waals surface area contributed by atoms with E-state index in [0.29, 0.717) is 0 Å². The van der Waals surface area contributed by atoms with Crippen LogP contribution in [0.1, 0.15) is 25.0 Å². The lowest BCUT2D eigenvalue weighted by atomic mass is 9.82. The Hall–Kier alpha value is -7.68. The number of nitrogens with zero attached hydrogens (tertiary/aromatic N) is 1. The number of rotatable bonds is 6. The molecular weight excluding hydrogens is 739 g/mol. The summed E-state index contributed by atoms with van der Waals surface area (Å²) in [5.74, 6) is 0. The van der Waals surface area contributed by atoms with E-state index in [1.807, 2.05) is 0 Å². The predicted molar refractivity (Wildman–Crippen MR) is 257 cm³/mol. The van der Waals surface area contributed by atoms with Gasteiger partial charge in [-0.05, 0) is 109 Å². The lowest BCUT2D eigenvalue weighted by Crippen LogP contribution is -2.16. The lowest BCUT2D eigenvalue weighted by molar-refractivity contribution is 0.660. The average Bonchev–Trinajstić information content (AvgIpc) is 3.80. The molecule has 0 saturated heterocycles. The number of hydrogen-bond acceptors (Lipinski definition) is 2. The van der Waals surface area contributed by atoms with E-state index in [-0.39, 0.29) is 5.41 Å². The van der Waals surface area contributed by atoms with Crippen molar-refractivity contribution in [3.8, 4) is 44.5 Å². The third kappa shape index (κ3) is 5.56. The Bertz CT molecular complexity index is 3490. The smallest absolute Gasteiger partial charge is 0.136 e. The minimum atomic E-state index is -0.140. The second kappa shape index (κ2) is 13.7. The molecule has 0 bridgehead atoms. The van der Waals surface area contributed by atoms with Crippen LogP contribution in [0.2, 0.25) is 0 Å². The molecule has 0 fully saturated rings. The lowest BCUT2D eigenvalue weighted by Gasteiger charge is -2.30. The SMILES string of the molecule is CC1(C)c2ccccc2-c2c(N(c3ccc(-c4ccc(-c5cccc6ccccc56)cc4)cc3)c3ccccc3-c3cccc4oc5cc6ccccc6cc5c34)cccc21. The maximum Gasteiger partial charge on any atom is 0.136 e. The zero-order valence-corrected chi connectivity index (χ0v) is 34.1. The Labute approximate surface area is 355 Å². The van der Waals surface area contributed by atoms with Crippen LogP contribution in [0.5, 0.6) is 0 Å². The Balaban J connectivity index is 1.03. The van der Waals surface area contributed by atoms with Crippen LogP contribution in [0.3, 0.4) is 0 Å². The molecule has 12 rings (SSSR count). The van der Waals surface area contributed by atoms with Gasteiger partial charge in [-0.2, -0.15) is 0 Å². The standard InChI is InChI=1S/C59H41NO/c1-59(2)51-23-9-7-20-49(51)58-52(59)24-13-26-54(58)60(44-34-32-39(33-35-44)38-28-30-41(31-29-38)46-21-11-17-40-14-5-6-18-45(40)46)53-25-10-8-19-47(53)48-22-12-27-55-57(48)50-36-42-15-3-4-16-43(42)37-56(50)61-55/h3-37H,1-2H3. The molecule has 1 heterocycles. The van der Waals surface area contributed by atoms with Crippen LogP contribution in [0.25, 0.3) is 88.0 Å². The van der Waals surface area contributed by atoms with Gasteiger partial charge >= 0.3 is 0 Å². The first-order valence-corrected chi connectivity index (χ1v) is 21.2. The number of benzene rings is 10. The third-order valence-electron chi connectivity index (χ3n) is 13.1. The fourth-order valence-electron chi connectivity index (χ4n) is 10.1. The van der Waals surface area contributed by atoms with E-state index in [1.54, 1.807) is 0 Å². The zero-order chi connectivity index (χ0) is 40.7. The van der Waals surface area contributed by atoms with Gasteiger partial charge < -0.3 is 9.32 Å². The average molecular weight is 780 g/mol. The maximum absolute atomic E-state index is 6.61. The number of hydrogen-bond donors (Lipinski definition) is 0. The predicted octanol–water partition coefficient (Wildman–Crippen LogP) is 16.7. The second-order valence-electron chi connectivity index (χ2n) is 16.9. The first-order chi connectivity index (χ1) is 30.0. The molecule has 11 aromatic rings. The van der Waals surface area contributed by atoms with Crippen molar-refractivity contribution in [2.24, 2.45) is 0 Å². The van der Waals surface area contributed by atoms with Gasteiger partial charge in [-0.3, -0.25) is 0 Å². The summed E-state index contributed by atoms with van der Waals surface area (Å²) >= 11 is 0. The molecule has 0 unspecified atom stereocenters. The highest BCUT2D eigenvalue weighted by Crippen LogP contribution is 2.55. The molecule has 1 aliphatic rings. The van der Waals surface area contributed by atoms with Crippen molar-refractivity contribution in [1.29, 1.82) is 0 Å². The summed E-state index contributed by atoms with van der Waals surface area (Å²) in [6, 6.07) is 77.4. The molecule has 0 atom stereocenters. The van der Waals surface area contributed by atoms with Crippen molar-refractivity contribution in [2.75, 3.05) is 4.90 Å². The van der Waals surface area contributed by atoms with E-state index < -0.39 is 0 Å². The van der Waals surface area contributed by atoms with Crippen LogP contribution < -0.4 is 4.90 Å². The normalized spacial score (nSPS) is 12.9. The van der Waals surface area contributed by atoms with Gasteiger partial charge in [0.1, 0.15) is 11.2 Å². The Kier molecular flexibility index (Phi) is 7.92. The van der Waals surface area contributed by atoms with Crippen molar-refractivity contribution in [2.45, 2.75) is 19.3 Å². The quantitative estimate of drug-likeness (QED) is 0.167. The van der Waals surface area contributed by atoms with Crippen molar-refractivity contribution in [3.05, 3.63) is 223 Å². The van der Waals surface area contributed by atoms with Crippen LogP contribution in [0.15, 0.2) is 217 Å². The molecule has 0 saturated carbocycles. The minimum absolute atomic E-state index is 0.140. The number of furan rings is 1. The van der Waals surface area contributed by atoms with Gasteiger partial charge in [0, 0.05) is 33.0 Å². The summed E-state index contributed by atoms with van der Waals surface area (Å²) in [6.07, 6.45) is 0. The first-order valence-electron chi connectivity index (χ1n) is 21.2. The van der Waals surface area contributed by atoms with Gasteiger partial charge in [-0.25, -0.2) is 0 Å². The van der Waals surface area contributed by atoms with Crippen molar-refractivity contribution >= 4 is 60.5 Å². The van der Waals surface area contributed by atoms with Gasteiger partial charge in [0.25, 0.3) is 0 Å². The summed E-state index contributed by atoms with van der Waals surface area (Å²) < 4.78 is 6.61. The molecule has 1 aromatic heterocycles. The van der Waals surface area contributed by atoms with E-state index >= 15 is 0 Å². The van der Waals surface area contributed by atoms with Crippen LogP contribution >= 0.6 is 0 Å². The maximum atomic E-state index is 6.61. The summed E-state index contributed by atoms with van der Waals surface area (Å²) in [5, 5.41) is 7.15. The number of para-hydroxylation sites is 1. The van der Waals surface area contributed by atoms with Crippen LogP contribution in [-0.4, -0.2) is 0 Å². The highest BCUT2D eigenvalue weighted by atomic mass is 16.3. The first kappa shape index (κ1) is 35.3. The van der Waals surface area contributed by atoms with Crippen molar-refractivity contribution < 1.29 is 4.42 Å². The topological polar surface area (TPSA) is 16.4 Å². The van der Waals surface area contributed by atoms with Gasteiger partial charge in [0.15, 0.2) is 0 Å². The fraction of sp³-hybridized carbons (Fsp3) is 0.0508. The summed E-state index contributed by atoms with van der Waals surface area (Å²) in [5.41, 5.74) is 17.4. The zero-order valence-electron chi connectivity index (χ0n) is 34.1. The number of anilines is 3. The summed E-state index contributed by atoms with van der Waals surface area (Å²) in [6.45, 7) is 4.71. The summed E-state index contributed by atoms with van der Waals surface area (Å²) in [7, 11) is 0. The van der Waals surface area contributed by atoms with Crippen molar-refractivity contribution in [3.63, 3.8) is 0 Å². The van der Waals surface area contributed by atoms with E-state index in [0.717, 1.165) is 50.1 Å². The van der Waals surface area contributed by atoms with Gasteiger partial charge in [-0.1, -0.05) is 184 Å². The van der Waals surface area contributed by atoms with E-state index in [4.69, 9.17) is 4.42 Å². The molecule has 2 heteroatoms. The molecule has 0 spiro atoms. The van der Waals surface area contributed by atoms with E-state index in [9.17, 15) is 0 Å². The van der Waals surface area contributed by atoms with Crippen molar-refractivity contribution in [1.82, 2.24) is 0 Å².